The first-order valence-electron chi connectivity index (χ1n) is 8.31. The molecule has 0 aliphatic heterocycles. The van der Waals surface area contributed by atoms with E-state index in [1.165, 1.54) is 0 Å². The average Bonchev–Trinajstić information content (AvgIpc) is 2.42. The summed E-state index contributed by atoms with van der Waals surface area (Å²) in [5.41, 5.74) is 0.671. The highest BCUT2D eigenvalue weighted by Gasteiger charge is 2.39. The van der Waals surface area contributed by atoms with Crippen molar-refractivity contribution in [1.82, 2.24) is 5.32 Å². The van der Waals surface area contributed by atoms with Gasteiger partial charge in [0.15, 0.2) is 0 Å². The van der Waals surface area contributed by atoms with E-state index in [4.69, 9.17) is 9.53 Å². The molecule has 3 N–H and O–H groups in total. The van der Waals surface area contributed by atoms with Crippen molar-refractivity contribution in [2.24, 2.45) is 5.92 Å². The van der Waals surface area contributed by atoms with Crippen LogP contribution in [0.2, 0.25) is 18.1 Å². The van der Waals surface area contributed by atoms with Crippen LogP contribution in [-0.2, 0) is 0 Å². The zero-order valence-electron chi connectivity index (χ0n) is 15.8. The van der Waals surface area contributed by atoms with E-state index in [0.717, 1.165) is 5.75 Å². The fraction of sp³-hybridized carbons (Fsp3) is 0.611. The van der Waals surface area contributed by atoms with Crippen LogP contribution in [0.1, 0.15) is 46.3 Å². The SMILES string of the molecule is CC(C)[C@H](NC(=O)O)[C@H](O)c1ccc(O[Si](C)(C)C(C)(C)C)cc1. The molecule has 0 aromatic heterocycles. The predicted octanol–water partition coefficient (Wildman–Crippen LogP) is 4.40. The molecule has 136 valence electrons. The molecule has 2 atom stereocenters. The van der Waals surface area contributed by atoms with E-state index in [1.54, 1.807) is 12.1 Å². The third-order valence-electron chi connectivity index (χ3n) is 4.75. The summed E-state index contributed by atoms with van der Waals surface area (Å²) in [5, 5.41) is 21.9. The molecule has 1 aromatic carbocycles. The monoisotopic (exact) mass is 353 g/mol. The number of benzene rings is 1. The van der Waals surface area contributed by atoms with E-state index in [-0.39, 0.29) is 11.0 Å². The Kier molecular flexibility index (Phi) is 6.47. The molecule has 0 spiro atoms. The second-order valence-corrected chi connectivity index (χ2v) is 12.8. The van der Waals surface area contributed by atoms with Gasteiger partial charge in [0, 0.05) is 0 Å². The summed E-state index contributed by atoms with van der Waals surface area (Å²) in [6.07, 6.45) is -2.03. The van der Waals surface area contributed by atoms with Crippen LogP contribution in [0.5, 0.6) is 5.75 Å². The molecule has 0 saturated heterocycles. The van der Waals surface area contributed by atoms with E-state index in [2.05, 4.69) is 39.2 Å². The summed E-state index contributed by atoms with van der Waals surface area (Å²) in [7, 11) is -1.90. The van der Waals surface area contributed by atoms with Gasteiger partial charge in [0.05, 0.1) is 12.1 Å². The predicted molar refractivity (Wildman–Crippen MR) is 99.0 cm³/mol. The summed E-state index contributed by atoms with van der Waals surface area (Å²) in [4.78, 5) is 10.9. The van der Waals surface area contributed by atoms with Crippen molar-refractivity contribution in [3.8, 4) is 5.75 Å². The van der Waals surface area contributed by atoms with Gasteiger partial charge in [-0.3, -0.25) is 0 Å². The summed E-state index contributed by atoms with van der Waals surface area (Å²) in [6.45, 7) is 14.7. The van der Waals surface area contributed by atoms with Crippen molar-refractivity contribution >= 4 is 14.4 Å². The lowest BCUT2D eigenvalue weighted by Crippen LogP contribution is -2.43. The van der Waals surface area contributed by atoms with Gasteiger partial charge in [0.2, 0.25) is 8.32 Å². The molecule has 0 aliphatic carbocycles. The minimum absolute atomic E-state index is 0.0285. The Balaban J connectivity index is 2.92. The van der Waals surface area contributed by atoms with E-state index in [9.17, 15) is 9.90 Å². The van der Waals surface area contributed by atoms with Crippen LogP contribution in [0.3, 0.4) is 0 Å². The lowest BCUT2D eigenvalue weighted by molar-refractivity contribution is 0.1000. The Morgan fingerprint density at radius 3 is 2.04 bits per heavy atom. The molecule has 0 bridgehead atoms. The highest BCUT2D eigenvalue weighted by molar-refractivity contribution is 6.74. The van der Waals surface area contributed by atoms with Crippen molar-refractivity contribution < 1.29 is 19.4 Å². The third-order valence-corrected chi connectivity index (χ3v) is 9.11. The Hall–Kier alpha value is -1.53. The van der Waals surface area contributed by atoms with E-state index < -0.39 is 26.6 Å². The summed E-state index contributed by atoms with van der Waals surface area (Å²) in [6, 6.07) is 6.72. The number of amides is 1. The molecule has 0 radical (unpaired) electrons. The first-order valence-corrected chi connectivity index (χ1v) is 11.2. The van der Waals surface area contributed by atoms with Crippen LogP contribution in [0.4, 0.5) is 4.79 Å². The number of carboxylic acid groups (broad SMARTS) is 1. The smallest absolute Gasteiger partial charge is 0.404 e. The van der Waals surface area contributed by atoms with Crippen LogP contribution < -0.4 is 9.74 Å². The van der Waals surface area contributed by atoms with Gasteiger partial charge in [0.1, 0.15) is 5.75 Å². The molecule has 1 rings (SSSR count). The number of carbonyl (C=O) groups is 1. The molecule has 0 unspecified atom stereocenters. The maximum absolute atomic E-state index is 10.9. The zero-order chi connectivity index (χ0) is 18.7. The van der Waals surface area contributed by atoms with Crippen LogP contribution in [0, 0.1) is 5.92 Å². The lowest BCUT2D eigenvalue weighted by atomic mass is 9.93. The maximum atomic E-state index is 10.9. The summed E-state index contributed by atoms with van der Waals surface area (Å²) in [5.74, 6) is 0.754. The van der Waals surface area contributed by atoms with Gasteiger partial charge in [-0.15, -0.1) is 0 Å². The molecule has 0 fully saturated rings. The first kappa shape index (κ1) is 20.5. The average molecular weight is 354 g/mol. The Labute approximate surface area is 146 Å². The number of aliphatic hydroxyl groups excluding tert-OH is 1. The number of hydrogen-bond acceptors (Lipinski definition) is 3. The van der Waals surface area contributed by atoms with Gasteiger partial charge in [0.25, 0.3) is 0 Å². The van der Waals surface area contributed by atoms with Gasteiger partial charge < -0.3 is 20.0 Å². The molecule has 5 nitrogen and oxygen atoms in total. The fourth-order valence-electron chi connectivity index (χ4n) is 2.14. The first-order chi connectivity index (χ1) is 10.8. The third kappa shape index (κ3) is 5.24. The van der Waals surface area contributed by atoms with Crippen molar-refractivity contribution in [2.45, 2.75) is 64.9 Å². The van der Waals surface area contributed by atoms with E-state index in [1.807, 2.05) is 26.0 Å². The van der Waals surface area contributed by atoms with Crippen LogP contribution in [0.25, 0.3) is 0 Å². The maximum Gasteiger partial charge on any atom is 0.404 e. The number of aliphatic hydroxyl groups is 1. The number of nitrogens with one attached hydrogen (secondary N) is 1. The zero-order valence-corrected chi connectivity index (χ0v) is 16.8. The standard InChI is InChI=1S/C18H31NO4Si/c1-12(2)15(19-17(21)22)16(20)13-8-10-14(11-9-13)23-24(6,7)18(3,4)5/h8-12,15-16,19-20H,1-7H3,(H,21,22)/t15-,16+/m0/s1. The second-order valence-electron chi connectivity index (χ2n) is 8.10. The molecule has 0 saturated carbocycles. The highest BCUT2D eigenvalue weighted by atomic mass is 28.4. The normalized spacial score (nSPS) is 15.0. The van der Waals surface area contributed by atoms with E-state index in [0.29, 0.717) is 5.56 Å². The number of hydrogen-bond donors (Lipinski definition) is 3. The molecule has 6 heteroatoms. The van der Waals surface area contributed by atoms with Gasteiger partial charge >= 0.3 is 6.09 Å². The molecule has 0 heterocycles. The number of rotatable bonds is 6. The molecule has 24 heavy (non-hydrogen) atoms. The highest BCUT2D eigenvalue weighted by Crippen LogP contribution is 2.37. The van der Waals surface area contributed by atoms with Crippen molar-refractivity contribution in [3.05, 3.63) is 29.8 Å². The molecular weight excluding hydrogens is 322 g/mol. The quantitative estimate of drug-likeness (QED) is 0.663. The summed E-state index contributed by atoms with van der Waals surface area (Å²) < 4.78 is 6.22. The second kappa shape index (κ2) is 7.57. The van der Waals surface area contributed by atoms with Gasteiger partial charge in [-0.05, 0) is 41.7 Å². The topological polar surface area (TPSA) is 78.8 Å². The molecule has 0 aliphatic rings. The van der Waals surface area contributed by atoms with Gasteiger partial charge in [-0.2, -0.15) is 0 Å². The van der Waals surface area contributed by atoms with Crippen molar-refractivity contribution in [3.63, 3.8) is 0 Å². The van der Waals surface area contributed by atoms with Crippen LogP contribution in [-0.4, -0.2) is 30.7 Å². The lowest BCUT2D eigenvalue weighted by Gasteiger charge is -2.36. The van der Waals surface area contributed by atoms with Crippen molar-refractivity contribution in [2.75, 3.05) is 0 Å². The minimum atomic E-state index is -1.90. The van der Waals surface area contributed by atoms with Crippen LogP contribution in [0.15, 0.2) is 24.3 Å². The van der Waals surface area contributed by atoms with Crippen molar-refractivity contribution in [1.29, 1.82) is 0 Å². The molecule has 1 amide bonds. The van der Waals surface area contributed by atoms with Gasteiger partial charge in [-0.25, -0.2) is 4.79 Å². The van der Waals surface area contributed by atoms with Crippen LogP contribution >= 0.6 is 0 Å². The minimum Gasteiger partial charge on any atom is -0.544 e. The molecular formula is C18H31NO4Si. The van der Waals surface area contributed by atoms with E-state index >= 15 is 0 Å². The largest absolute Gasteiger partial charge is 0.544 e. The van der Waals surface area contributed by atoms with Gasteiger partial charge in [-0.1, -0.05) is 46.8 Å². The fourth-order valence-corrected chi connectivity index (χ4v) is 3.17. The Morgan fingerprint density at radius 2 is 1.67 bits per heavy atom. The Morgan fingerprint density at radius 1 is 1.17 bits per heavy atom. The summed E-state index contributed by atoms with van der Waals surface area (Å²) >= 11 is 0. The Bertz CT molecular complexity index is 549. The molecule has 1 aromatic rings.